The molecule has 11 heteroatoms. The van der Waals surface area contributed by atoms with Crippen LogP contribution in [0.4, 0.5) is 17.1 Å². The molecule has 2 amide bonds. The van der Waals surface area contributed by atoms with Crippen LogP contribution in [0.5, 0.6) is 0 Å². The van der Waals surface area contributed by atoms with Crippen LogP contribution in [0, 0.1) is 10.1 Å². The molecule has 4 rings (SSSR count). The third-order valence-corrected chi connectivity index (χ3v) is 7.22. The number of halogens is 1. The molecule has 2 N–H and O–H groups in total. The van der Waals surface area contributed by atoms with Crippen molar-refractivity contribution in [3.63, 3.8) is 0 Å². The molecule has 38 heavy (non-hydrogen) atoms. The SMILES string of the molecule is CS(=O)(=O)c1ccccc1-c1ccc(C(=O)Nc2ccccc2C(=O)Nc2ccc(Br)cc2[N+](=O)[O-])cc1. The van der Waals surface area contributed by atoms with Gasteiger partial charge < -0.3 is 10.6 Å². The van der Waals surface area contributed by atoms with E-state index in [4.69, 9.17) is 0 Å². The first-order valence-electron chi connectivity index (χ1n) is 11.1. The number of nitrogens with one attached hydrogen (secondary N) is 2. The number of sulfone groups is 1. The van der Waals surface area contributed by atoms with Crippen molar-refractivity contribution >= 4 is 54.6 Å². The lowest BCUT2D eigenvalue weighted by Crippen LogP contribution is -2.18. The molecule has 192 valence electrons. The van der Waals surface area contributed by atoms with Gasteiger partial charge in [-0.1, -0.05) is 58.4 Å². The maximum atomic E-state index is 13.0. The number of nitro benzene ring substituents is 1. The molecule has 9 nitrogen and oxygen atoms in total. The number of benzene rings is 4. The molecule has 4 aromatic rings. The Morgan fingerprint density at radius 3 is 2.13 bits per heavy atom. The summed E-state index contributed by atoms with van der Waals surface area (Å²) in [5, 5.41) is 16.6. The van der Waals surface area contributed by atoms with Crippen molar-refractivity contribution in [1.82, 2.24) is 0 Å². The lowest BCUT2D eigenvalue weighted by atomic mass is 10.0. The van der Waals surface area contributed by atoms with E-state index in [1.54, 1.807) is 66.7 Å². The van der Waals surface area contributed by atoms with Crippen molar-refractivity contribution in [2.75, 3.05) is 16.9 Å². The van der Waals surface area contributed by atoms with Gasteiger partial charge in [0.15, 0.2) is 9.84 Å². The van der Waals surface area contributed by atoms with Gasteiger partial charge in [0.2, 0.25) is 0 Å². The van der Waals surface area contributed by atoms with E-state index in [2.05, 4.69) is 26.6 Å². The zero-order valence-corrected chi connectivity index (χ0v) is 22.2. The number of nitrogens with zero attached hydrogens (tertiary/aromatic N) is 1. The second-order valence-corrected chi connectivity index (χ2v) is 11.1. The molecule has 0 aliphatic carbocycles. The topological polar surface area (TPSA) is 135 Å². The van der Waals surface area contributed by atoms with Gasteiger partial charge in [-0.25, -0.2) is 8.42 Å². The monoisotopic (exact) mass is 593 g/mol. The average molecular weight is 594 g/mol. The number of nitro groups is 1. The van der Waals surface area contributed by atoms with Gasteiger partial charge in [-0.05, 0) is 48.0 Å². The van der Waals surface area contributed by atoms with E-state index in [1.165, 1.54) is 24.3 Å². The van der Waals surface area contributed by atoms with Gasteiger partial charge in [-0.3, -0.25) is 19.7 Å². The van der Waals surface area contributed by atoms with E-state index in [1.807, 2.05) is 0 Å². The smallest absolute Gasteiger partial charge is 0.293 e. The Hall–Kier alpha value is -4.35. The minimum atomic E-state index is -3.45. The summed E-state index contributed by atoms with van der Waals surface area (Å²) in [6.07, 6.45) is 1.14. The van der Waals surface area contributed by atoms with Crippen molar-refractivity contribution in [2.45, 2.75) is 4.90 Å². The molecule has 0 atom stereocenters. The van der Waals surface area contributed by atoms with E-state index in [9.17, 15) is 28.1 Å². The van der Waals surface area contributed by atoms with Crippen LogP contribution in [-0.4, -0.2) is 31.4 Å². The van der Waals surface area contributed by atoms with Crippen LogP contribution >= 0.6 is 15.9 Å². The maximum Gasteiger partial charge on any atom is 0.293 e. The summed E-state index contributed by atoms with van der Waals surface area (Å²) in [7, 11) is -3.45. The van der Waals surface area contributed by atoms with Gasteiger partial charge in [-0.15, -0.1) is 0 Å². The maximum absolute atomic E-state index is 13.0. The van der Waals surface area contributed by atoms with Crippen LogP contribution < -0.4 is 10.6 Å². The second kappa shape index (κ2) is 11.0. The van der Waals surface area contributed by atoms with E-state index in [0.29, 0.717) is 15.6 Å². The number of amides is 2. The highest BCUT2D eigenvalue weighted by Crippen LogP contribution is 2.30. The molecule has 0 unspecified atom stereocenters. The van der Waals surface area contributed by atoms with Crippen LogP contribution in [0.3, 0.4) is 0 Å². The van der Waals surface area contributed by atoms with Gasteiger partial charge in [0.05, 0.1) is 21.1 Å². The standard InChI is InChI=1S/C27H20BrN3O6S/c1-38(36,37)25-9-5-3-6-20(25)17-10-12-18(13-11-17)26(32)29-22-8-4-2-7-21(22)27(33)30-23-15-14-19(28)16-24(23)31(34)35/h2-16H,1H3,(H,29,32)(H,30,33). The first-order valence-corrected chi connectivity index (χ1v) is 13.8. The van der Waals surface area contributed by atoms with Gasteiger partial charge in [0, 0.05) is 27.9 Å². The molecule has 0 aliphatic rings. The summed E-state index contributed by atoms with van der Waals surface area (Å²) >= 11 is 3.17. The highest BCUT2D eigenvalue weighted by atomic mass is 79.9. The molecule has 0 saturated heterocycles. The average Bonchev–Trinajstić information content (AvgIpc) is 2.89. The summed E-state index contributed by atoms with van der Waals surface area (Å²) in [6, 6.07) is 23.5. The predicted molar refractivity (Wildman–Crippen MR) is 148 cm³/mol. The molecular formula is C27H20BrN3O6S. The van der Waals surface area contributed by atoms with E-state index in [-0.39, 0.29) is 33.1 Å². The number of rotatable bonds is 7. The third kappa shape index (κ3) is 5.96. The van der Waals surface area contributed by atoms with Crippen molar-refractivity contribution in [3.05, 3.63) is 117 Å². The quantitative estimate of drug-likeness (QED) is 0.201. The number of hydrogen-bond acceptors (Lipinski definition) is 6. The van der Waals surface area contributed by atoms with E-state index in [0.717, 1.165) is 6.26 Å². The largest absolute Gasteiger partial charge is 0.321 e. The molecule has 0 radical (unpaired) electrons. The lowest BCUT2D eigenvalue weighted by molar-refractivity contribution is -0.384. The van der Waals surface area contributed by atoms with Gasteiger partial charge in [0.1, 0.15) is 5.69 Å². The molecule has 0 aliphatic heterocycles. The van der Waals surface area contributed by atoms with Gasteiger partial charge in [-0.2, -0.15) is 0 Å². The fourth-order valence-electron chi connectivity index (χ4n) is 3.77. The lowest BCUT2D eigenvalue weighted by Gasteiger charge is -2.12. The molecular weight excluding hydrogens is 574 g/mol. The molecule has 0 bridgehead atoms. The fraction of sp³-hybridized carbons (Fsp3) is 0.0370. The Morgan fingerprint density at radius 1 is 0.816 bits per heavy atom. The summed E-state index contributed by atoms with van der Waals surface area (Å²) in [6.45, 7) is 0. The first-order chi connectivity index (χ1) is 18.0. The summed E-state index contributed by atoms with van der Waals surface area (Å²) < 4.78 is 24.8. The Bertz CT molecular complexity index is 1670. The summed E-state index contributed by atoms with van der Waals surface area (Å²) in [5.74, 6) is -1.14. The fourth-order valence-corrected chi connectivity index (χ4v) is 5.03. The summed E-state index contributed by atoms with van der Waals surface area (Å²) in [4.78, 5) is 36.9. The zero-order valence-electron chi connectivity index (χ0n) is 19.8. The van der Waals surface area contributed by atoms with E-state index >= 15 is 0 Å². The van der Waals surface area contributed by atoms with Crippen LogP contribution in [-0.2, 0) is 9.84 Å². The highest BCUT2D eigenvalue weighted by Gasteiger charge is 2.20. The Morgan fingerprint density at radius 2 is 1.45 bits per heavy atom. The van der Waals surface area contributed by atoms with Crippen molar-refractivity contribution in [2.24, 2.45) is 0 Å². The Balaban J connectivity index is 1.56. The van der Waals surface area contributed by atoms with Gasteiger partial charge >= 0.3 is 0 Å². The normalized spacial score (nSPS) is 11.0. The number of carbonyl (C=O) groups excluding carboxylic acids is 2. The van der Waals surface area contributed by atoms with Crippen LogP contribution in [0.15, 0.2) is 100 Å². The predicted octanol–water partition coefficient (Wildman–Crippen LogP) is 5.93. The number of hydrogen-bond donors (Lipinski definition) is 2. The van der Waals surface area contributed by atoms with Crippen LogP contribution in [0.25, 0.3) is 11.1 Å². The minimum absolute atomic E-state index is 0.00860. The highest BCUT2D eigenvalue weighted by molar-refractivity contribution is 9.10. The number of anilines is 2. The van der Waals surface area contributed by atoms with E-state index < -0.39 is 26.6 Å². The molecule has 0 fully saturated rings. The van der Waals surface area contributed by atoms with Crippen LogP contribution in [0.2, 0.25) is 0 Å². The van der Waals surface area contributed by atoms with Crippen LogP contribution in [0.1, 0.15) is 20.7 Å². The first kappa shape index (κ1) is 26.7. The molecule has 0 spiro atoms. The molecule has 0 saturated carbocycles. The van der Waals surface area contributed by atoms with Crippen molar-refractivity contribution in [1.29, 1.82) is 0 Å². The molecule has 0 heterocycles. The Kier molecular flexibility index (Phi) is 7.70. The van der Waals surface area contributed by atoms with Crippen molar-refractivity contribution < 1.29 is 22.9 Å². The zero-order chi connectivity index (χ0) is 27.4. The van der Waals surface area contributed by atoms with Crippen molar-refractivity contribution in [3.8, 4) is 11.1 Å². The van der Waals surface area contributed by atoms with Gasteiger partial charge in [0.25, 0.3) is 17.5 Å². The second-order valence-electron chi connectivity index (χ2n) is 8.22. The third-order valence-electron chi connectivity index (χ3n) is 5.57. The Labute approximate surface area is 226 Å². The summed E-state index contributed by atoms with van der Waals surface area (Å²) in [5.41, 5.74) is 1.47. The number of carbonyl (C=O) groups is 2. The minimum Gasteiger partial charge on any atom is -0.321 e. The molecule has 4 aromatic carbocycles. The molecule has 0 aromatic heterocycles. The number of para-hydroxylation sites is 1.